The van der Waals surface area contributed by atoms with Crippen molar-refractivity contribution in [2.75, 3.05) is 0 Å². The zero-order chi connectivity index (χ0) is 19.4. The summed E-state index contributed by atoms with van der Waals surface area (Å²) < 4.78 is 5.17. The minimum absolute atomic E-state index is 0.0850. The summed E-state index contributed by atoms with van der Waals surface area (Å²) in [5.41, 5.74) is 1.53. The topological polar surface area (TPSA) is 125 Å². The largest absolute Gasteiger partial charge is 0.387 e. The van der Waals surface area contributed by atoms with E-state index in [4.69, 9.17) is 15.3 Å². The number of hydrogen-bond donors (Lipinski definition) is 4. The Hall–Kier alpha value is -2.45. The molecular formula is C19H23N4O3S+. The van der Waals surface area contributed by atoms with Gasteiger partial charge < -0.3 is 14.9 Å². The van der Waals surface area contributed by atoms with E-state index in [1.165, 1.54) is 0 Å². The number of rotatable bonds is 6. The molecule has 27 heavy (non-hydrogen) atoms. The number of hydrogen-bond acceptors (Lipinski definition) is 6. The Morgan fingerprint density at radius 3 is 2.81 bits per heavy atom. The molecular weight excluding hydrogens is 364 g/mol. The predicted octanol–water partition coefficient (Wildman–Crippen LogP) is 1.49. The number of nitrogens with zero attached hydrogens (tertiary/aromatic N) is 1. The Labute approximate surface area is 161 Å². The molecule has 1 fully saturated rings. The fraction of sp³-hybridized carbons (Fsp3) is 0.368. The van der Waals surface area contributed by atoms with Crippen LogP contribution in [0.5, 0.6) is 0 Å². The molecule has 1 aromatic heterocycles. The first kappa shape index (κ1) is 19.3. The first-order valence-corrected chi connectivity index (χ1v) is 9.62. The van der Waals surface area contributed by atoms with Crippen LogP contribution < -0.4 is 10.7 Å². The smallest absolute Gasteiger partial charge is 0.290 e. The predicted molar refractivity (Wildman–Crippen MR) is 104 cm³/mol. The van der Waals surface area contributed by atoms with Gasteiger partial charge in [-0.3, -0.25) is 15.6 Å². The van der Waals surface area contributed by atoms with E-state index in [2.05, 4.69) is 10.5 Å². The van der Waals surface area contributed by atoms with Gasteiger partial charge in [0.1, 0.15) is 10.7 Å². The highest BCUT2D eigenvalue weighted by Gasteiger charge is 2.33. The summed E-state index contributed by atoms with van der Waals surface area (Å²) in [5.74, 6) is 0.305. The molecule has 7 nitrogen and oxygen atoms in total. The molecule has 142 valence electrons. The second-order valence-corrected chi connectivity index (χ2v) is 7.93. The van der Waals surface area contributed by atoms with E-state index in [1.54, 1.807) is 13.0 Å². The molecule has 1 aliphatic rings. The fourth-order valence-electron chi connectivity index (χ4n) is 2.96. The van der Waals surface area contributed by atoms with Crippen molar-refractivity contribution in [1.29, 1.82) is 5.41 Å². The normalized spacial score (nSPS) is 19.8. The molecule has 8 heteroatoms. The van der Waals surface area contributed by atoms with Gasteiger partial charge in [-0.1, -0.05) is 35.5 Å². The molecule has 2 aromatic rings. The van der Waals surface area contributed by atoms with Crippen LogP contribution in [-0.4, -0.2) is 38.4 Å². The lowest BCUT2D eigenvalue weighted by Gasteiger charge is -2.34. The number of aliphatic hydroxyl groups is 1. The highest BCUT2D eigenvalue weighted by Crippen LogP contribution is 2.32. The van der Waals surface area contributed by atoms with Gasteiger partial charge in [0.15, 0.2) is 0 Å². The number of benzene rings is 1. The molecule has 3 rings (SSSR count). The van der Waals surface area contributed by atoms with Crippen LogP contribution in [0.15, 0.2) is 40.9 Å². The van der Waals surface area contributed by atoms with Gasteiger partial charge in [0, 0.05) is 24.1 Å². The minimum atomic E-state index is -0.801. The molecule has 1 aliphatic carbocycles. The van der Waals surface area contributed by atoms with Crippen molar-refractivity contribution < 1.29 is 19.8 Å². The third-order valence-corrected chi connectivity index (χ3v) is 5.47. The Morgan fingerprint density at radius 2 is 2.15 bits per heavy atom. The molecule has 1 aromatic carbocycles. The maximum atomic E-state index is 12.3. The average molecular weight is 387 g/mol. The van der Waals surface area contributed by atoms with E-state index in [0.29, 0.717) is 23.1 Å². The van der Waals surface area contributed by atoms with Crippen LogP contribution in [0.4, 0.5) is 0 Å². The molecule has 0 saturated heterocycles. The van der Waals surface area contributed by atoms with Gasteiger partial charge >= 0.3 is 0 Å². The van der Waals surface area contributed by atoms with Crippen LogP contribution in [0.25, 0.3) is 11.3 Å². The number of nitrogens with two attached hydrogens (primary N) is 1. The van der Waals surface area contributed by atoms with Crippen LogP contribution in [0.2, 0.25) is 0 Å². The van der Waals surface area contributed by atoms with Gasteiger partial charge in [0.2, 0.25) is 10.8 Å². The number of thioether (sulfide) groups is 1. The highest BCUT2D eigenvalue weighted by molar-refractivity contribution is 8.26. The fourth-order valence-corrected chi connectivity index (χ4v) is 3.73. The second-order valence-electron chi connectivity index (χ2n) is 6.76. The zero-order valence-electron chi connectivity index (χ0n) is 15.0. The maximum absolute atomic E-state index is 12.3. The Morgan fingerprint density at radius 1 is 1.44 bits per heavy atom. The Balaban J connectivity index is 1.44. The number of aliphatic hydroxyl groups excluding tert-OH is 1. The molecule has 0 spiro atoms. The third kappa shape index (κ3) is 5.05. The molecule has 0 bridgehead atoms. The molecule has 0 radical (unpaired) electrons. The van der Waals surface area contributed by atoms with Gasteiger partial charge in [0.05, 0.1) is 6.10 Å². The van der Waals surface area contributed by atoms with Crippen molar-refractivity contribution >= 4 is 27.8 Å². The van der Waals surface area contributed by atoms with Gasteiger partial charge in [-0.2, -0.15) is 0 Å². The van der Waals surface area contributed by atoms with E-state index in [-0.39, 0.29) is 22.8 Å². The summed E-state index contributed by atoms with van der Waals surface area (Å²) in [7, 11) is 0. The van der Waals surface area contributed by atoms with Gasteiger partial charge in [-0.05, 0) is 37.4 Å². The molecule has 1 saturated carbocycles. The Bertz CT molecular complexity index is 828. The van der Waals surface area contributed by atoms with Crippen LogP contribution in [0.1, 0.15) is 36.7 Å². The van der Waals surface area contributed by atoms with Crippen molar-refractivity contribution in [3.05, 3.63) is 42.2 Å². The molecule has 1 heterocycles. The van der Waals surface area contributed by atoms with E-state index in [1.807, 2.05) is 30.3 Å². The molecule has 1 amide bonds. The lowest BCUT2D eigenvalue weighted by atomic mass is 9.78. The summed E-state index contributed by atoms with van der Waals surface area (Å²) in [4.78, 5) is 12.3. The van der Waals surface area contributed by atoms with Gasteiger partial charge in [-0.25, -0.2) is 0 Å². The lowest BCUT2D eigenvalue weighted by Crippen LogP contribution is -2.47. The third-order valence-electron chi connectivity index (χ3n) is 4.48. The van der Waals surface area contributed by atoms with Crippen LogP contribution in [0.3, 0.4) is 0 Å². The van der Waals surface area contributed by atoms with Crippen molar-refractivity contribution in [2.24, 2.45) is 5.92 Å². The van der Waals surface area contributed by atoms with Crippen LogP contribution in [0, 0.1) is 11.3 Å². The summed E-state index contributed by atoms with van der Waals surface area (Å²) >= 11 is 1.12. The van der Waals surface area contributed by atoms with Crippen LogP contribution >= 0.6 is 11.8 Å². The van der Waals surface area contributed by atoms with E-state index in [0.717, 1.165) is 30.2 Å². The molecule has 1 atom stereocenters. The van der Waals surface area contributed by atoms with Crippen LogP contribution in [-0.2, 0) is 0 Å². The summed E-state index contributed by atoms with van der Waals surface area (Å²) in [5, 5.41) is 30.6. The van der Waals surface area contributed by atoms with E-state index < -0.39 is 6.10 Å². The zero-order valence-corrected chi connectivity index (χ0v) is 15.8. The average Bonchev–Trinajstić information content (AvgIpc) is 3.10. The maximum Gasteiger partial charge on any atom is 0.290 e. The number of carbonyl (C=O) groups is 1. The number of nitrogens with one attached hydrogen (secondary N) is 2. The first-order chi connectivity index (χ1) is 12.9. The number of aromatic nitrogens is 1. The van der Waals surface area contributed by atoms with Crippen molar-refractivity contribution in [3.63, 3.8) is 0 Å². The van der Waals surface area contributed by atoms with Crippen molar-refractivity contribution in [1.82, 2.24) is 10.5 Å². The number of carbonyl (C=O) groups excluding carboxylic acids is 1. The molecule has 0 aliphatic heterocycles. The summed E-state index contributed by atoms with van der Waals surface area (Å²) in [6.07, 6.45) is 1.53. The van der Waals surface area contributed by atoms with E-state index >= 15 is 0 Å². The van der Waals surface area contributed by atoms with Crippen molar-refractivity contribution in [2.45, 2.75) is 38.3 Å². The highest BCUT2D eigenvalue weighted by atomic mass is 32.2. The molecule has 0 unspecified atom stereocenters. The Kier molecular flexibility index (Phi) is 6.08. The second kappa shape index (κ2) is 8.49. The van der Waals surface area contributed by atoms with Crippen molar-refractivity contribution in [3.8, 4) is 11.3 Å². The quantitative estimate of drug-likeness (QED) is 0.441. The monoisotopic (exact) mass is 387 g/mol. The lowest BCUT2D eigenvalue weighted by molar-refractivity contribution is -0.112. The first-order valence-electron chi connectivity index (χ1n) is 8.81. The number of amides is 1. The van der Waals surface area contributed by atoms with E-state index in [9.17, 15) is 9.90 Å². The van der Waals surface area contributed by atoms with Gasteiger partial charge in [-0.15, -0.1) is 0 Å². The molecule has 5 N–H and O–H groups in total. The van der Waals surface area contributed by atoms with Gasteiger partial charge in [0.25, 0.3) is 5.91 Å². The standard InChI is InChI=1S/C19H22N4O3S/c1-11(24)18(21)27-17(20)9-12-7-14(8-12)22-19(25)16-10-15(23-26-16)13-5-3-2-4-6-13/h2-6,10-12,14,20-21,24H,7-9H2,1H3,(H,22,25)/p+1/t11-,12?,14?/m1/s1. The minimum Gasteiger partial charge on any atom is -0.387 e. The SMILES string of the molecule is C[C@@H](O)C(=N)SC(=[NH2+])CC1CC(NC(=O)c2cc(-c3ccccc3)no2)C1. The summed E-state index contributed by atoms with van der Waals surface area (Å²) in [6, 6.07) is 11.3. The summed E-state index contributed by atoms with van der Waals surface area (Å²) in [6.45, 7) is 1.55.